The van der Waals surface area contributed by atoms with Gasteiger partial charge in [-0.05, 0) is 25.0 Å². The molecule has 1 rings (SSSR count). The SMILES string of the molecule is Cn1cc[n+](CCCCCCCCCCCCS)c1. The molecule has 2 nitrogen and oxygen atoms in total. The monoisotopic (exact) mass is 283 g/mol. The first-order chi connectivity index (χ1) is 9.33. The van der Waals surface area contributed by atoms with Gasteiger partial charge in [0.15, 0.2) is 0 Å². The summed E-state index contributed by atoms with van der Waals surface area (Å²) in [7, 11) is 2.08. The molecular weight excluding hydrogens is 252 g/mol. The molecule has 0 saturated heterocycles. The van der Waals surface area contributed by atoms with Gasteiger partial charge >= 0.3 is 0 Å². The second-order valence-corrected chi connectivity index (χ2v) is 6.02. The van der Waals surface area contributed by atoms with Crippen LogP contribution in [0, 0.1) is 0 Å². The summed E-state index contributed by atoms with van der Waals surface area (Å²) in [4.78, 5) is 0. The van der Waals surface area contributed by atoms with Crippen molar-refractivity contribution in [2.24, 2.45) is 7.05 Å². The van der Waals surface area contributed by atoms with E-state index in [4.69, 9.17) is 0 Å². The van der Waals surface area contributed by atoms with Gasteiger partial charge in [-0.25, -0.2) is 9.13 Å². The maximum Gasteiger partial charge on any atom is 0.243 e. The van der Waals surface area contributed by atoms with Crippen LogP contribution in [0.2, 0.25) is 0 Å². The summed E-state index contributed by atoms with van der Waals surface area (Å²) in [6.07, 6.45) is 20.3. The molecule has 0 amide bonds. The van der Waals surface area contributed by atoms with Crippen molar-refractivity contribution in [3.8, 4) is 0 Å². The van der Waals surface area contributed by atoms with E-state index < -0.39 is 0 Å². The number of hydrogen-bond acceptors (Lipinski definition) is 1. The third-order valence-electron chi connectivity index (χ3n) is 3.65. The number of imidazole rings is 1. The molecule has 0 spiro atoms. The van der Waals surface area contributed by atoms with Gasteiger partial charge in [-0.15, -0.1) is 0 Å². The number of hydrogen-bond donors (Lipinski definition) is 1. The highest BCUT2D eigenvalue weighted by Crippen LogP contribution is 2.10. The van der Waals surface area contributed by atoms with Gasteiger partial charge in [0.2, 0.25) is 6.33 Å². The van der Waals surface area contributed by atoms with Gasteiger partial charge in [0.1, 0.15) is 12.4 Å². The standard InChI is InChI=1S/C16H30N2S/c1-17-13-14-18(16-17)12-10-8-6-4-2-3-5-7-9-11-15-19/h13-14,16H,2-12,15H2,1H3/p+1. The molecule has 0 aliphatic carbocycles. The highest BCUT2D eigenvalue weighted by Gasteiger charge is 1.99. The van der Waals surface area contributed by atoms with E-state index in [-0.39, 0.29) is 0 Å². The van der Waals surface area contributed by atoms with E-state index in [9.17, 15) is 0 Å². The van der Waals surface area contributed by atoms with Gasteiger partial charge in [-0.3, -0.25) is 0 Å². The average Bonchev–Trinajstić information content (AvgIpc) is 2.82. The first kappa shape index (κ1) is 16.6. The number of aromatic nitrogens is 2. The molecule has 0 aliphatic heterocycles. The normalized spacial score (nSPS) is 11.1. The molecule has 0 saturated carbocycles. The van der Waals surface area contributed by atoms with Crippen LogP contribution in [0.4, 0.5) is 0 Å². The summed E-state index contributed by atoms with van der Waals surface area (Å²) in [5.74, 6) is 1.05. The molecule has 0 fully saturated rings. The zero-order chi connectivity index (χ0) is 13.8. The Bertz CT molecular complexity index is 309. The molecule has 110 valence electrons. The van der Waals surface area contributed by atoms with Gasteiger partial charge in [-0.2, -0.15) is 12.6 Å². The van der Waals surface area contributed by atoms with Crippen molar-refractivity contribution in [3.63, 3.8) is 0 Å². The lowest BCUT2D eigenvalue weighted by Gasteiger charge is -2.01. The third kappa shape index (κ3) is 9.15. The predicted molar refractivity (Wildman–Crippen MR) is 85.6 cm³/mol. The van der Waals surface area contributed by atoms with Crippen molar-refractivity contribution in [2.45, 2.75) is 70.8 Å². The minimum absolute atomic E-state index is 1.05. The van der Waals surface area contributed by atoms with Crippen molar-refractivity contribution in [1.82, 2.24) is 4.57 Å². The van der Waals surface area contributed by atoms with Crippen molar-refractivity contribution in [1.29, 1.82) is 0 Å². The van der Waals surface area contributed by atoms with Crippen LogP contribution in [0.5, 0.6) is 0 Å². The molecule has 1 heterocycles. The van der Waals surface area contributed by atoms with Gasteiger partial charge in [0, 0.05) is 0 Å². The molecule has 0 atom stereocenters. The molecule has 19 heavy (non-hydrogen) atoms. The fraction of sp³-hybridized carbons (Fsp3) is 0.812. The molecule has 1 aromatic rings. The Hall–Kier alpha value is -0.440. The Morgan fingerprint density at radius 2 is 1.37 bits per heavy atom. The molecule has 1 aromatic heterocycles. The summed E-state index contributed by atoms with van der Waals surface area (Å²) in [5.41, 5.74) is 0. The quantitative estimate of drug-likeness (QED) is 0.335. The summed E-state index contributed by atoms with van der Waals surface area (Å²) < 4.78 is 4.38. The lowest BCUT2D eigenvalue weighted by molar-refractivity contribution is -0.696. The summed E-state index contributed by atoms with van der Waals surface area (Å²) >= 11 is 4.24. The third-order valence-corrected chi connectivity index (χ3v) is 3.96. The van der Waals surface area contributed by atoms with Crippen LogP contribution in [0.15, 0.2) is 18.7 Å². The van der Waals surface area contributed by atoms with Crippen LogP contribution < -0.4 is 4.57 Å². The highest BCUT2D eigenvalue weighted by atomic mass is 32.1. The maximum atomic E-state index is 4.24. The van der Waals surface area contributed by atoms with Crippen LogP contribution in [-0.4, -0.2) is 10.3 Å². The lowest BCUT2D eigenvalue weighted by atomic mass is 10.1. The minimum atomic E-state index is 1.05. The number of nitrogens with zero attached hydrogens (tertiary/aromatic N) is 2. The highest BCUT2D eigenvalue weighted by molar-refractivity contribution is 7.80. The van der Waals surface area contributed by atoms with E-state index in [0.29, 0.717) is 0 Å². The summed E-state index contributed by atoms with van der Waals surface area (Å²) in [6.45, 7) is 1.17. The molecule has 0 bridgehead atoms. The van der Waals surface area contributed by atoms with E-state index in [0.717, 1.165) is 5.75 Å². The average molecular weight is 284 g/mol. The number of unbranched alkanes of at least 4 members (excludes halogenated alkanes) is 9. The largest absolute Gasteiger partial charge is 0.243 e. The first-order valence-corrected chi connectivity index (χ1v) is 8.58. The van der Waals surface area contributed by atoms with E-state index in [1.165, 1.54) is 70.8 Å². The van der Waals surface area contributed by atoms with Crippen LogP contribution in [0.3, 0.4) is 0 Å². The molecular formula is C16H31N2S+. The zero-order valence-electron chi connectivity index (χ0n) is 12.6. The molecule has 0 N–H and O–H groups in total. The Labute approximate surface area is 124 Å². The fourth-order valence-electron chi connectivity index (χ4n) is 2.45. The summed E-state index contributed by atoms with van der Waals surface area (Å²) in [5, 5.41) is 0. The van der Waals surface area contributed by atoms with Gasteiger partial charge in [-0.1, -0.05) is 44.9 Å². The Balaban J connectivity index is 1.79. The molecule has 0 unspecified atom stereocenters. The topological polar surface area (TPSA) is 8.81 Å². The van der Waals surface area contributed by atoms with Gasteiger partial charge in [0.25, 0.3) is 0 Å². The van der Waals surface area contributed by atoms with Gasteiger partial charge in [0.05, 0.1) is 13.6 Å². The maximum absolute atomic E-state index is 4.24. The Morgan fingerprint density at radius 1 is 0.842 bits per heavy atom. The number of aryl methyl sites for hydroxylation is 2. The van der Waals surface area contributed by atoms with E-state index in [1.54, 1.807) is 0 Å². The summed E-state index contributed by atoms with van der Waals surface area (Å²) in [6, 6.07) is 0. The van der Waals surface area contributed by atoms with Crippen LogP contribution in [0.25, 0.3) is 0 Å². The predicted octanol–water partition coefficient (Wildman–Crippen LogP) is 4.14. The molecule has 0 aliphatic rings. The van der Waals surface area contributed by atoms with Crippen molar-refractivity contribution in [3.05, 3.63) is 18.7 Å². The van der Waals surface area contributed by atoms with Crippen LogP contribution in [0.1, 0.15) is 64.2 Å². The van der Waals surface area contributed by atoms with Crippen molar-refractivity contribution < 1.29 is 4.57 Å². The Morgan fingerprint density at radius 3 is 1.84 bits per heavy atom. The molecule has 0 radical (unpaired) electrons. The zero-order valence-corrected chi connectivity index (χ0v) is 13.5. The second kappa shape index (κ2) is 11.4. The van der Waals surface area contributed by atoms with E-state index in [2.05, 4.69) is 47.5 Å². The molecule has 0 aromatic carbocycles. The lowest BCUT2D eigenvalue weighted by Crippen LogP contribution is -2.30. The van der Waals surface area contributed by atoms with Crippen LogP contribution >= 0.6 is 12.6 Å². The van der Waals surface area contributed by atoms with Crippen molar-refractivity contribution >= 4 is 12.6 Å². The van der Waals surface area contributed by atoms with Gasteiger partial charge < -0.3 is 0 Å². The molecule has 3 heteroatoms. The van der Waals surface area contributed by atoms with E-state index in [1.807, 2.05) is 0 Å². The number of rotatable bonds is 12. The van der Waals surface area contributed by atoms with E-state index >= 15 is 0 Å². The minimum Gasteiger partial charge on any atom is -0.240 e. The first-order valence-electron chi connectivity index (χ1n) is 7.95. The van der Waals surface area contributed by atoms with Crippen molar-refractivity contribution in [2.75, 3.05) is 5.75 Å². The van der Waals surface area contributed by atoms with Crippen LogP contribution in [-0.2, 0) is 13.6 Å². The smallest absolute Gasteiger partial charge is 0.240 e. The second-order valence-electron chi connectivity index (χ2n) is 5.58. The Kier molecular flexibility index (Phi) is 9.96. The fourth-order valence-corrected chi connectivity index (χ4v) is 2.68. The number of thiol groups is 1.